The van der Waals surface area contributed by atoms with Crippen molar-refractivity contribution in [2.24, 2.45) is 23.7 Å². The zero-order valence-electron chi connectivity index (χ0n) is 31.7. The van der Waals surface area contributed by atoms with Gasteiger partial charge in [-0.3, -0.25) is 0 Å². The lowest BCUT2D eigenvalue weighted by atomic mass is 9.63. The number of thiophene rings is 1. The molecule has 3 aliphatic rings. The van der Waals surface area contributed by atoms with E-state index in [0.717, 1.165) is 23.7 Å². The van der Waals surface area contributed by atoms with E-state index in [9.17, 15) is 0 Å². The fourth-order valence-electron chi connectivity index (χ4n) is 11.7. The highest BCUT2D eigenvalue weighted by molar-refractivity contribution is 7.25. The molecule has 0 N–H and O–H groups in total. The number of para-hydroxylation sites is 2. The first-order chi connectivity index (χ1) is 27.6. The molecular weight excluding hydrogens is 697 g/mol. The minimum absolute atomic E-state index is 0.356. The number of benzene rings is 7. The van der Waals surface area contributed by atoms with Gasteiger partial charge in [0.15, 0.2) is 0 Å². The number of hydrogen-bond acceptors (Lipinski definition) is 2. The van der Waals surface area contributed by atoms with Crippen LogP contribution in [0.2, 0.25) is 0 Å². The van der Waals surface area contributed by atoms with Crippen LogP contribution in [0.5, 0.6) is 0 Å². The Bertz CT molecular complexity index is 2890. The lowest BCUT2D eigenvalue weighted by Gasteiger charge is -2.42. The van der Waals surface area contributed by atoms with Crippen molar-refractivity contribution in [1.29, 1.82) is 0 Å². The number of hydrogen-bond donors (Lipinski definition) is 0. The molecule has 0 amide bonds. The Morgan fingerprint density at radius 1 is 0.518 bits per heavy atom. The standard InChI is InChI=1S/C53H44N2S/c1-34-27-37-28-38-32-53(31-34,33-48(37)38)39-19-23-41(24-20-39)54(43-25-26-47-46-13-4-7-16-51(46)56-52(47)30-43)40-21-17-35(18-22-40)36-9-8-10-42(29-36)55-49-14-5-2-11-44(49)45-12-3-6-15-50(45)55/h2-26,29-30,34,37-38,48H,27-28,31-33H2,1H3/t34-,37?,38-,48?,53?/m0/s1. The highest BCUT2D eigenvalue weighted by Gasteiger charge is 2.57. The summed E-state index contributed by atoms with van der Waals surface area (Å²) in [5.41, 5.74) is 11.6. The molecule has 2 heterocycles. The van der Waals surface area contributed by atoms with Crippen molar-refractivity contribution in [3.05, 3.63) is 169 Å². The Labute approximate surface area is 332 Å². The van der Waals surface area contributed by atoms with Crippen molar-refractivity contribution in [1.82, 2.24) is 4.57 Å². The Balaban J connectivity index is 0.936. The number of fused-ring (bicyclic) bond motifs is 7. The van der Waals surface area contributed by atoms with Gasteiger partial charge in [0.05, 0.1) is 11.0 Å². The SMILES string of the molecule is C[C@H]1CC2C[C@H]3CC(c4ccc(N(c5ccc(-c6cccc(-n7c8ccccc8c8ccccc87)c6)cc5)c5ccc6c(c5)sc5ccccc56)cc4)(CC23)C1. The van der Waals surface area contributed by atoms with Crippen LogP contribution in [0.1, 0.15) is 44.6 Å². The molecule has 3 saturated carbocycles. The average molecular weight is 741 g/mol. The minimum Gasteiger partial charge on any atom is -0.310 e. The third-order valence-corrected chi connectivity index (χ3v) is 15.2. The van der Waals surface area contributed by atoms with Gasteiger partial charge in [-0.1, -0.05) is 104 Å². The van der Waals surface area contributed by atoms with Crippen molar-refractivity contribution in [2.75, 3.05) is 4.90 Å². The van der Waals surface area contributed by atoms with E-state index < -0.39 is 0 Å². The van der Waals surface area contributed by atoms with Crippen molar-refractivity contribution in [2.45, 2.75) is 44.4 Å². The predicted molar refractivity (Wildman–Crippen MR) is 238 cm³/mol. The van der Waals surface area contributed by atoms with E-state index in [1.165, 1.54) is 108 Å². The molecule has 5 atom stereocenters. The predicted octanol–water partition coefficient (Wildman–Crippen LogP) is 15.0. The first kappa shape index (κ1) is 32.6. The maximum absolute atomic E-state index is 2.51. The van der Waals surface area contributed by atoms with Crippen LogP contribution in [0.4, 0.5) is 17.1 Å². The topological polar surface area (TPSA) is 8.17 Å². The van der Waals surface area contributed by atoms with Gasteiger partial charge in [0.2, 0.25) is 0 Å². The summed E-state index contributed by atoms with van der Waals surface area (Å²) in [6.07, 6.45) is 7.06. The highest BCUT2D eigenvalue weighted by Crippen LogP contribution is 2.65. The molecule has 3 fully saturated rings. The normalized spacial score (nSPS) is 22.8. The molecular formula is C53H44N2S. The van der Waals surface area contributed by atoms with Gasteiger partial charge in [0.1, 0.15) is 0 Å². The molecule has 2 bridgehead atoms. The quantitative estimate of drug-likeness (QED) is 0.165. The Hall–Kier alpha value is -5.64. The third-order valence-electron chi connectivity index (χ3n) is 14.0. The van der Waals surface area contributed by atoms with E-state index in [-0.39, 0.29) is 0 Å². The average Bonchev–Trinajstić information content (AvgIpc) is 3.85. The molecule has 3 heteroatoms. The molecule has 3 unspecified atom stereocenters. The fraction of sp³-hybridized carbons (Fsp3) is 0.208. The lowest BCUT2D eigenvalue weighted by Crippen LogP contribution is -2.34. The largest absolute Gasteiger partial charge is 0.310 e. The first-order valence-corrected chi connectivity index (χ1v) is 21.4. The number of rotatable bonds is 6. The molecule has 56 heavy (non-hydrogen) atoms. The van der Waals surface area contributed by atoms with Gasteiger partial charge in [-0.15, -0.1) is 11.3 Å². The zero-order valence-corrected chi connectivity index (χ0v) is 32.6. The summed E-state index contributed by atoms with van der Waals surface area (Å²) in [6, 6.07) is 61.4. The summed E-state index contributed by atoms with van der Waals surface area (Å²) in [7, 11) is 0. The van der Waals surface area contributed by atoms with Crippen LogP contribution >= 0.6 is 11.3 Å². The summed E-state index contributed by atoms with van der Waals surface area (Å²) in [5, 5.41) is 5.24. The molecule has 12 rings (SSSR count). The molecule has 3 aliphatic carbocycles. The molecule has 0 radical (unpaired) electrons. The zero-order chi connectivity index (χ0) is 37.0. The van der Waals surface area contributed by atoms with Crippen molar-refractivity contribution < 1.29 is 0 Å². The van der Waals surface area contributed by atoms with E-state index in [1.54, 1.807) is 5.56 Å². The van der Waals surface area contributed by atoms with E-state index in [2.05, 4.69) is 180 Å². The van der Waals surface area contributed by atoms with Crippen LogP contribution in [0.15, 0.2) is 164 Å². The molecule has 9 aromatic rings. The molecule has 2 nitrogen and oxygen atoms in total. The summed E-state index contributed by atoms with van der Waals surface area (Å²) < 4.78 is 5.07. The second-order valence-corrected chi connectivity index (χ2v) is 18.4. The van der Waals surface area contributed by atoms with E-state index in [4.69, 9.17) is 0 Å². The van der Waals surface area contributed by atoms with Gasteiger partial charge < -0.3 is 9.47 Å². The second-order valence-electron chi connectivity index (χ2n) is 17.3. The molecule has 0 spiro atoms. The van der Waals surface area contributed by atoms with E-state index in [1.807, 2.05) is 11.3 Å². The maximum atomic E-state index is 2.51. The Morgan fingerprint density at radius 2 is 1.18 bits per heavy atom. The van der Waals surface area contributed by atoms with Gasteiger partial charge in [-0.05, 0) is 145 Å². The summed E-state index contributed by atoms with van der Waals surface area (Å²) in [4.78, 5) is 2.47. The Kier molecular flexibility index (Phi) is 7.23. The van der Waals surface area contributed by atoms with Crippen LogP contribution in [0.25, 0.3) is 58.8 Å². The maximum Gasteiger partial charge on any atom is 0.0541 e. The van der Waals surface area contributed by atoms with Gasteiger partial charge in [0, 0.05) is 53.7 Å². The molecule has 7 aromatic carbocycles. The molecule has 0 saturated heterocycles. The summed E-state index contributed by atoms with van der Waals surface area (Å²) in [6.45, 7) is 2.51. The lowest BCUT2D eigenvalue weighted by molar-refractivity contribution is 0.0780. The third kappa shape index (κ3) is 5.00. The van der Waals surface area contributed by atoms with Crippen LogP contribution in [0.3, 0.4) is 0 Å². The first-order valence-electron chi connectivity index (χ1n) is 20.6. The Morgan fingerprint density at radius 3 is 1.95 bits per heavy atom. The fourth-order valence-corrected chi connectivity index (χ4v) is 12.8. The van der Waals surface area contributed by atoms with Crippen LogP contribution in [-0.4, -0.2) is 4.57 Å². The van der Waals surface area contributed by atoms with Crippen LogP contribution in [-0.2, 0) is 5.41 Å². The van der Waals surface area contributed by atoms with E-state index in [0.29, 0.717) is 5.41 Å². The van der Waals surface area contributed by atoms with Gasteiger partial charge in [-0.2, -0.15) is 0 Å². The van der Waals surface area contributed by atoms with Crippen LogP contribution < -0.4 is 4.90 Å². The number of aromatic nitrogens is 1. The summed E-state index contributed by atoms with van der Waals surface area (Å²) in [5.74, 6) is 3.72. The van der Waals surface area contributed by atoms with Crippen molar-refractivity contribution in [3.8, 4) is 16.8 Å². The monoisotopic (exact) mass is 740 g/mol. The van der Waals surface area contributed by atoms with Gasteiger partial charge >= 0.3 is 0 Å². The van der Waals surface area contributed by atoms with Crippen molar-refractivity contribution in [3.63, 3.8) is 0 Å². The van der Waals surface area contributed by atoms with Crippen LogP contribution in [0, 0.1) is 23.7 Å². The second kappa shape index (κ2) is 12.4. The van der Waals surface area contributed by atoms with Crippen molar-refractivity contribution >= 4 is 70.4 Å². The molecule has 2 aromatic heterocycles. The summed E-state index contributed by atoms with van der Waals surface area (Å²) >= 11 is 1.89. The number of anilines is 3. The molecule has 0 aliphatic heterocycles. The number of nitrogens with zero attached hydrogens (tertiary/aromatic N) is 2. The molecule has 272 valence electrons. The smallest absolute Gasteiger partial charge is 0.0541 e. The van der Waals surface area contributed by atoms with E-state index >= 15 is 0 Å². The highest BCUT2D eigenvalue weighted by atomic mass is 32.1. The van der Waals surface area contributed by atoms with Gasteiger partial charge in [-0.25, -0.2) is 0 Å². The van der Waals surface area contributed by atoms with Gasteiger partial charge in [0.25, 0.3) is 0 Å². The minimum atomic E-state index is 0.356.